The van der Waals surface area contributed by atoms with E-state index < -0.39 is 5.54 Å². The number of nitrogens with one attached hydrogen (secondary N) is 1. The van der Waals surface area contributed by atoms with Crippen molar-refractivity contribution in [3.63, 3.8) is 0 Å². The zero-order chi connectivity index (χ0) is 15.2. The van der Waals surface area contributed by atoms with Gasteiger partial charge >= 0.3 is 0 Å². The summed E-state index contributed by atoms with van der Waals surface area (Å²) in [5.41, 5.74) is -0.186. The highest BCUT2D eigenvalue weighted by Crippen LogP contribution is 2.42. The SMILES string of the molecule is COc1ccc(N2CC(=O)NC(C)(C3CC3)C2=O)cc1Cl. The molecule has 6 heteroatoms. The number of halogens is 1. The third-order valence-electron chi connectivity index (χ3n) is 4.23. The molecule has 0 spiro atoms. The summed E-state index contributed by atoms with van der Waals surface area (Å²) >= 11 is 6.12. The van der Waals surface area contributed by atoms with Gasteiger partial charge in [-0.15, -0.1) is 0 Å². The number of ether oxygens (including phenoxy) is 1. The highest BCUT2D eigenvalue weighted by atomic mass is 35.5. The van der Waals surface area contributed by atoms with Crippen molar-refractivity contribution in [2.45, 2.75) is 25.3 Å². The smallest absolute Gasteiger partial charge is 0.253 e. The molecule has 3 rings (SSSR count). The Morgan fingerprint density at radius 2 is 2.10 bits per heavy atom. The number of carbonyl (C=O) groups is 2. The summed E-state index contributed by atoms with van der Waals surface area (Å²) in [5.74, 6) is 0.548. The van der Waals surface area contributed by atoms with Crippen LogP contribution in [0.25, 0.3) is 0 Å². The van der Waals surface area contributed by atoms with E-state index in [0.29, 0.717) is 16.5 Å². The first-order valence-corrected chi connectivity index (χ1v) is 7.30. The van der Waals surface area contributed by atoms with Gasteiger partial charge < -0.3 is 15.0 Å². The van der Waals surface area contributed by atoms with E-state index in [1.54, 1.807) is 18.2 Å². The number of hydrogen-bond acceptors (Lipinski definition) is 3. The molecule has 1 aromatic rings. The second-order valence-electron chi connectivity index (χ2n) is 5.73. The molecule has 5 nitrogen and oxygen atoms in total. The van der Waals surface area contributed by atoms with Gasteiger partial charge in [-0.2, -0.15) is 0 Å². The van der Waals surface area contributed by atoms with Gasteiger partial charge in [-0.25, -0.2) is 0 Å². The summed E-state index contributed by atoms with van der Waals surface area (Å²) in [6.07, 6.45) is 1.94. The molecule has 1 aliphatic carbocycles. The Kier molecular flexibility index (Phi) is 3.32. The Morgan fingerprint density at radius 3 is 2.67 bits per heavy atom. The van der Waals surface area contributed by atoms with Crippen molar-refractivity contribution in [3.05, 3.63) is 23.2 Å². The van der Waals surface area contributed by atoms with Crippen molar-refractivity contribution in [1.82, 2.24) is 5.32 Å². The number of rotatable bonds is 3. The fraction of sp³-hybridized carbons (Fsp3) is 0.467. The van der Waals surface area contributed by atoms with Gasteiger partial charge in [0.25, 0.3) is 5.91 Å². The van der Waals surface area contributed by atoms with Crippen molar-refractivity contribution in [1.29, 1.82) is 0 Å². The van der Waals surface area contributed by atoms with Crippen molar-refractivity contribution in [3.8, 4) is 5.75 Å². The molecular weight excluding hydrogens is 292 g/mol. The first-order chi connectivity index (χ1) is 9.95. The molecule has 2 aliphatic rings. The molecular formula is C15H17ClN2O3. The van der Waals surface area contributed by atoms with Gasteiger partial charge in [0.2, 0.25) is 5.91 Å². The van der Waals surface area contributed by atoms with Gasteiger partial charge in [-0.1, -0.05) is 11.6 Å². The van der Waals surface area contributed by atoms with Crippen LogP contribution in [0.1, 0.15) is 19.8 Å². The number of amides is 2. The predicted octanol–water partition coefficient (Wildman–Crippen LogP) is 1.98. The molecule has 1 aromatic carbocycles. The Balaban J connectivity index is 1.95. The summed E-state index contributed by atoms with van der Waals surface area (Å²) in [6.45, 7) is 1.83. The third-order valence-corrected chi connectivity index (χ3v) is 4.53. The molecule has 1 unspecified atom stereocenters. The normalized spacial score (nSPS) is 25.8. The Morgan fingerprint density at radius 1 is 1.38 bits per heavy atom. The van der Waals surface area contributed by atoms with Crippen molar-refractivity contribution < 1.29 is 14.3 Å². The summed E-state index contributed by atoms with van der Waals surface area (Å²) < 4.78 is 5.11. The second kappa shape index (κ2) is 4.91. The van der Waals surface area contributed by atoms with Crippen molar-refractivity contribution in [2.75, 3.05) is 18.6 Å². The molecule has 2 fully saturated rings. The molecule has 1 saturated heterocycles. The van der Waals surface area contributed by atoms with Gasteiger partial charge in [0.15, 0.2) is 0 Å². The maximum atomic E-state index is 12.8. The molecule has 1 N–H and O–H groups in total. The molecule has 1 atom stereocenters. The van der Waals surface area contributed by atoms with E-state index in [9.17, 15) is 9.59 Å². The molecule has 0 bridgehead atoms. The van der Waals surface area contributed by atoms with E-state index in [-0.39, 0.29) is 24.3 Å². The minimum atomic E-state index is -0.804. The Hall–Kier alpha value is -1.75. The highest BCUT2D eigenvalue weighted by Gasteiger charge is 2.52. The molecule has 0 radical (unpaired) electrons. The van der Waals surface area contributed by atoms with Crippen LogP contribution in [-0.2, 0) is 9.59 Å². The summed E-state index contributed by atoms with van der Waals surface area (Å²) in [7, 11) is 1.53. The lowest BCUT2D eigenvalue weighted by Gasteiger charge is -2.40. The topological polar surface area (TPSA) is 58.6 Å². The van der Waals surface area contributed by atoms with Crippen LogP contribution in [0.4, 0.5) is 5.69 Å². The standard InChI is InChI=1S/C15H17ClN2O3/c1-15(9-3-4-9)14(20)18(8-13(19)17-15)10-5-6-12(21-2)11(16)7-10/h5-7,9H,3-4,8H2,1-2H3,(H,17,19). The highest BCUT2D eigenvalue weighted by molar-refractivity contribution is 6.32. The number of benzene rings is 1. The van der Waals surface area contributed by atoms with Gasteiger partial charge in [0, 0.05) is 5.69 Å². The molecule has 1 heterocycles. The van der Waals surface area contributed by atoms with E-state index in [0.717, 1.165) is 12.8 Å². The number of methoxy groups -OCH3 is 1. The van der Waals surface area contributed by atoms with E-state index in [4.69, 9.17) is 16.3 Å². The van der Waals surface area contributed by atoms with E-state index in [2.05, 4.69) is 5.32 Å². The monoisotopic (exact) mass is 308 g/mol. The summed E-state index contributed by atoms with van der Waals surface area (Å²) in [5, 5.41) is 3.27. The predicted molar refractivity (Wildman–Crippen MR) is 79.6 cm³/mol. The minimum Gasteiger partial charge on any atom is -0.495 e. The lowest BCUT2D eigenvalue weighted by molar-refractivity contribution is -0.136. The first kappa shape index (κ1) is 14.2. The summed E-state index contributed by atoms with van der Waals surface area (Å²) in [4.78, 5) is 26.3. The van der Waals surface area contributed by atoms with Crippen LogP contribution >= 0.6 is 11.6 Å². The molecule has 0 aromatic heterocycles. The molecule has 112 valence electrons. The maximum Gasteiger partial charge on any atom is 0.253 e. The van der Waals surface area contributed by atoms with E-state index in [1.165, 1.54) is 12.0 Å². The third kappa shape index (κ3) is 2.35. The number of carbonyl (C=O) groups excluding carboxylic acids is 2. The number of hydrogen-bond donors (Lipinski definition) is 1. The van der Waals surface area contributed by atoms with Gasteiger partial charge in [-0.05, 0) is 43.9 Å². The Labute approximate surface area is 128 Å². The van der Waals surface area contributed by atoms with Crippen LogP contribution in [0.5, 0.6) is 5.75 Å². The molecule has 1 aliphatic heterocycles. The first-order valence-electron chi connectivity index (χ1n) is 6.92. The lowest BCUT2D eigenvalue weighted by atomic mass is 9.91. The maximum absolute atomic E-state index is 12.8. The largest absolute Gasteiger partial charge is 0.495 e. The van der Waals surface area contributed by atoms with Crippen LogP contribution in [0.15, 0.2) is 18.2 Å². The van der Waals surface area contributed by atoms with Crippen molar-refractivity contribution >= 4 is 29.1 Å². The number of anilines is 1. The van der Waals surface area contributed by atoms with Gasteiger partial charge in [0.1, 0.15) is 17.8 Å². The quantitative estimate of drug-likeness (QED) is 0.929. The lowest BCUT2D eigenvalue weighted by Crippen LogP contribution is -2.66. The van der Waals surface area contributed by atoms with Crippen LogP contribution < -0.4 is 15.0 Å². The average molecular weight is 309 g/mol. The number of nitrogens with zero attached hydrogens (tertiary/aromatic N) is 1. The van der Waals surface area contributed by atoms with Crippen LogP contribution in [0.3, 0.4) is 0 Å². The van der Waals surface area contributed by atoms with Crippen LogP contribution in [0.2, 0.25) is 5.02 Å². The van der Waals surface area contributed by atoms with Gasteiger partial charge in [0.05, 0.1) is 12.1 Å². The fourth-order valence-electron chi connectivity index (χ4n) is 2.85. The average Bonchev–Trinajstić information content (AvgIpc) is 3.27. The minimum absolute atomic E-state index is 0.0177. The van der Waals surface area contributed by atoms with Crippen LogP contribution in [0, 0.1) is 5.92 Å². The second-order valence-corrected chi connectivity index (χ2v) is 6.14. The van der Waals surface area contributed by atoms with Gasteiger partial charge in [-0.3, -0.25) is 9.59 Å². The zero-order valence-corrected chi connectivity index (χ0v) is 12.7. The molecule has 1 saturated carbocycles. The molecule has 21 heavy (non-hydrogen) atoms. The van der Waals surface area contributed by atoms with Crippen LogP contribution in [-0.4, -0.2) is 31.0 Å². The summed E-state index contributed by atoms with van der Waals surface area (Å²) in [6, 6.07) is 5.10. The molecule has 2 amide bonds. The van der Waals surface area contributed by atoms with E-state index in [1.807, 2.05) is 6.92 Å². The van der Waals surface area contributed by atoms with E-state index >= 15 is 0 Å². The fourth-order valence-corrected chi connectivity index (χ4v) is 3.10. The number of piperazine rings is 1. The van der Waals surface area contributed by atoms with Crippen molar-refractivity contribution in [2.24, 2.45) is 5.92 Å². The zero-order valence-electron chi connectivity index (χ0n) is 12.0. The Bertz CT molecular complexity index is 615.